The highest BCUT2D eigenvalue weighted by atomic mass is 15.4. The summed E-state index contributed by atoms with van der Waals surface area (Å²) in [6, 6.07) is 30.5. The molecule has 0 bridgehead atoms. The van der Waals surface area contributed by atoms with E-state index in [0.29, 0.717) is 17.8 Å². The first kappa shape index (κ1) is 21.7. The molecule has 7 heteroatoms. The van der Waals surface area contributed by atoms with Crippen molar-refractivity contribution in [3.63, 3.8) is 0 Å². The molecule has 4 aromatic carbocycles. The molecular weight excluding hydrogens is 446 g/mol. The Bertz CT molecular complexity index is 1490. The number of hydrazone groups is 1. The molecule has 6 rings (SSSR count). The van der Waals surface area contributed by atoms with Gasteiger partial charge < -0.3 is 10.6 Å². The van der Waals surface area contributed by atoms with Crippen LogP contribution in [0.4, 0.5) is 29.2 Å². The average molecular weight is 472 g/mol. The van der Waals surface area contributed by atoms with Crippen LogP contribution in [0.1, 0.15) is 23.6 Å². The van der Waals surface area contributed by atoms with Crippen molar-refractivity contribution in [3.8, 4) is 0 Å². The Morgan fingerprint density at radius 3 is 1.86 bits per heavy atom. The quantitative estimate of drug-likeness (QED) is 0.187. The standard InChI is InChI=1S/C29H25N7/c1-19(24-18-17-21-16-15-20-9-8-14-25(24)26(20)21)35-36-29-33-27(30-22-10-4-2-5-11-22)32-28(34-29)31-23-12-6-3-7-13-23/h2-14,17-18H,15-16H2,1H3,(H3,30,31,32,33,34,36)/b35-19+. The van der Waals surface area contributed by atoms with Crippen molar-refractivity contribution in [1.82, 2.24) is 15.0 Å². The van der Waals surface area contributed by atoms with Crippen molar-refractivity contribution in [1.29, 1.82) is 0 Å². The molecule has 0 aliphatic heterocycles. The van der Waals surface area contributed by atoms with E-state index in [-0.39, 0.29) is 0 Å². The third-order valence-corrected chi connectivity index (χ3v) is 6.29. The van der Waals surface area contributed by atoms with Gasteiger partial charge in [0, 0.05) is 16.9 Å². The molecule has 36 heavy (non-hydrogen) atoms. The maximum Gasteiger partial charge on any atom is 0.250 e. The molecule has 0 unspecified atom stereocenters. The van der Waals surface area contributed by atoms with Gasteiger partial charge in [0.2, 0.25) is 17.8 Å². The van der Waals surface area contributed by atoms with Crippen LogP contribution >= 0.6 is 0 Å². The van der Waals surface area contributed by atoms with Crippen molar-refractivity contribution < 1.29 is 0 Å². The fraction of sp³-hybridized carbons (Fsp3) is 0.103. The summed E-state index contributed by atoms with van der Waals surface area (Å²) in [6.45, 7) is 2.00. The van der Waals surface area contributed by atoms with E-state index in [4.69, 9.17) is 0 Å². The first-order valence-electron chi connectivity index (χ1n) is 12.0. The summed E-state index contributed by atoms with van der Waals surface area (Å²) in [7, 11) is 0. The second kappa shape index (κ2) is 9.46. The summed E-state index contributed by atoms with van der Waals surface area (Å²) in [6.07, 6.45) is 2.20. The predicted octanol–water partition coefficient (Wildman–Crippen LogP) is 6.45. The molecule has 5 aromatic rings. The summed E-state index contributed by atoms with van der Waals surface area (Å²) >= 11 is 0. The van der Waals surface area contributed by atoms with Crippen LogP contribution in [0.15, 0.2) is 96.1 Å². The van der Waals surface area contributed by atoms with Gasteiger partial charge >= 0.3 is 0 Å². The van der Waals surface area contributed by atoms with E-state index in [9.17, 15) is 0 Å². The highest BCUT2D eigenvalue weighted by Crippen LogP contribution is 2.33. The number of nitrogens with zero attached hydrogens (tertiary/aromatic N) is 4. The first-order valence-corrected chi connectivity index (χ1v) is 12.0. The van der Waals surface area contributed by atoms with Gasteiger partial charge in [-0.1, -0.05) is 66.7 Å². The average Bonchev–Trinajstić information content (AvgIpc) is 3.33. The number of hydrogen-bond donors (Lipinski definition) is 3. The minimum atomic E-state index is 0.340. The van der Waals surface area contributed by atoms with Gasteiger partial charge in [0.05, 0.1) is 5.71 Å². The number of rotatable bonds is 7. The van der Waals surface area contributed by atoms with Crippen molar-refractivity contribution >= 4 is 45.7 Å². The van der Waals surface area contributed by atoms with Gasteiger partial charge in [-0.05, 0) is 65.9 Å². The minimum Gasteiger partial charge on any atom is -0.324 e. The van der Waals surface area contributed by atoms with Crippen molar-refractivity contribution in [2.24, 2.45) is 5.10 Å². The summed E-state index contributed by atoms with van der Waals surface area (Å²) in [4.78, 5) is 13.6. The van der Waals surface area contributed by atoms with Gasteiger partial charge in [0.25, 0.3) is 0 Å². The summed E-state index contributed by atoms with van der Waals surface area (Å²) in [5.74, 6) is 1.16. The van der Waals surface area contributed by atoms with Crippen molar-refractivity contribution in [3.05, 3.63) is 108 Å². The van der Waals surface area contributed by atoms with Crippen LogP contribution < -0.4 is 16.1 Å². The fourth-order valence-corrected chi connectivity index (χ4v) is 4.60. The van der Waals surface area contributed by atoms with E-state index >= 15 is 0 Å². The number of anilines is 5. The third kappa shape index (κ3) is 4.46. The second-order valence-electron chi connectivity index (χ2n) is 8.71. The number of aromatic nitrogens is 3. The molecule has 1 aliphatic carbocycles. The number of nitrogens with one attached hydrogen (secondary N) is 3. The molecule has 1 heterocycles. The van der Waals surface area contributed by atoms with Crippen LogP contribution in [0, 0.1) is 0 Å². The molecule has 0 atom stereocenters. The van der Waals surface area contributed by atoms with Gasteiger partial charge in [-0.2, -0.15) is 20.1 Å². The molecule has 0 saturated heterocycles. The van der Waals surface area contributed by atoms with Crippen molar-refractivity contribution in [2.75, 3.05) is 16.1 Å². The van der Waals surface area contributed by atoms with Crippen LogP contribution in [-0.2, 0) is 12.8 Å². The predicted molar refractivity (Wildman–Crippen MR) is 146 cm³/mol. The zero-order chi connectivity index (χ0) is 24.3. The molecule has 1 aliphatic rings. The van der Waals surface area contributed by atoms with Crippen LogP contribution in [0.3, 0.4) is 0 Å². The minimum absolute atomic E-state index is 0.340. The monoisotopic (exact) mass is 471 g/mol. The number of aryl methyl sites for hydroxylation is 2. The molecule has 7 nitrogen and oxygen atoms in total. The van der Waals surface area contributed by atoms with E-state index in [1.54, 1.807) is 0 Å². The van der Waals surface area contributed by atoms with Gasteiger partial charge in [-0.25, -0.2) is 5.43 Å². The molecule has 0 spiro atoms. The number of benzene rings is 4. The molecule has 0 saturated carbocycles. The summed E-state index contributed by atoms with van der Waals surface area (Å²) in [5, 5.41) is 13.7. The lowest BCUT2D eigenvalue weighted by molar-refractivity contribution is 1.02. The van der Waals surface area contributed by atoms with E-state index in [1.165, 1.54) is 21.9 Å². The maximum absolute atomic E-state index is 4.65. The second-order valence-corrected chi connectivity index (χ2v) is 8.71. The number of para-hydroxylation sites is 2. The third-order valence-electron chi connectivity index (χ3n) is 6.29. The Morgan fingerprint density at radius 2 is 1.22 bits per heavy atom. The van der Waals surface area contributed by atoms with Gasteiger partial charge in [-0.3, -0.25) is 0 Å². The molecule has 0 fully saturated rings. The molecule has 3 N–H and O–H groups in total. The Kier molecular flexibility index (Phi) is 5.71. The van der Waals surface area contributed by atoms with Crippen LogP contribution in [0.25, 0.3) is 10.8 Å². The fourth-order valence-electron chi connectivity index (χ4n) is 4.60. The smallest absolute Gasteiger partial charge is 0.250 e. The van der Waals surface area contributed by atoms with Gasteiger partial charge in [0.15, 0.2) is 0 Å². The zero-order valence-corrected chi connectivity index (χ0v) is 19.9. The summed E-state index contributed by atoms with van der Waals surface area (Å²) < 4.78 is 0. The molecule has 0 radical (unpaired) electrons. The Labute approximate surface area is 209 Å². The largest absolute Gasteiger partial charge is 0.324 e. The lowest BCUT2D eigenvalue weighted by Crippen LogP contribution is -2.08. The molecule has 1 aromatic heterocycles. The summed E-state index contributed by atoms with van der Waals surface area (Å²) in [5.41, 5.74) is 9.60. The van der Waals surface area contributed by atoms with E-state index < -0.39 is 0 Å². The van der Waals surface area contributed by atoms with E-state index in [1.807, 2.05) is 67.6 Å². The Hall–Kier alpha value is -4.78. The molecular formula is C29H25N7. The molecule has 176 valence electrons. The SMILES string of the molecule is C/C(=N\Nc1nc(Nc2ccccc2)nc(Nc2ccccc2)n1)c1ccc2c3c(cccc13)CC2. The van der Waals surface area contributed by atoms with Crippen LogP contribution in [0.5, 0.6) is 0 Å². The molecule has 0 amide bonds. The topological polar surface area (TPSA) is 87.1 Å². The first-order chi connectivity index (χ1) is 17.7. The maximum atomic E-state index is 4.65. The van der Waals surface area contributed by atoms with Gasteiger partial charge in [0.1, 0.15) is 0 Å². The highest BCUT2D eigenvalue weighted by Gasteiger charge is 2.17. The van der Waals surface area contributed by atoms with E-state index in [2.05, 4.69) is 66.4 Å². The van der Waals surface area contributed by atoms with E-state index in [0.717, 1.165) is 35.5 Å². The van der Waals surface area contributed by atoms with Crippen LogP contribution in [0.2, 0.25) is 0 Å². The Morgan fingerprint density at radius 1 is 0.639 bits per heavy atom. The Balaban J connectivity index is 1.32. The van der Waals surface area contributed by atoms with Gasteiger partial charge in [-0.15, -0.1) is 0 Å². The van der Waals surface area contributed by atoms with Crippen LogP contribution in [-0.4, -0.2) is 20.7 Å². The normalized spacial score (nSPS) is 12.5. The van der Waals surface area contributed by atoms with Crippen molar-refractivity contribution in [2.45, 2.75) is 19.8 Å². The number of hydrogen-bond acceptors (Lipinski definition) is 7. The highest BCUT2D eigenvalue weighted by molar-refractivity contribution is 6.11. The lowest BCUT2D eigenvalue weighted by atomic mass is 9.98. The lowest BCUT2D eigenvalue weighted by Gasteiger charge is -2.11. The zero-order valence-electron chi connectivity index (χ0n) is 19.9.